The number of carboxylic acid groups (broad SMARTS) is 1. The Kier molecular flexibility index (Phi) is 9.45. The number of carbonyl (C=O) groups is 1. The minimum atomic E-state index is -4.23. The van der Waals surface area contributed by atoms with Gasteiger partial charge in [0.05, 0.1) is 33.6 Å². The Balaban J connectivity index is 1.26. The number of aromatic carboxylic acids is 1. The number of aromatic nitrogens is 4. The van der Waals surface area contributed by atoms with E-state index in [2.05, 4.69) is 63.7 Å². The average molecular weight is 683 g/mol. The maximum Gasteiger partial charge on any atom is 0.335 e. The number of ether oxygens (including phenoxy) is 1. The number of aryl methyl sites for hydroxylation is 2. The topological polar surface area (TPSA) is 148 Å². The van der Waals surface area contributed by atoms with E-state index in [9.17, 15) is 18.3 Å². The molecule has 5 aromatic rings. The first-order valence-corrected chi connectivity index (χ1v) is 17.9. The Hall–Kier alpha value is -4.81. The molecule has 49 heavy (non-hydrogen) atoms. The molecule has 0 amide bonds. The molecule has 3 N–H and O–H groups in total. The third-order valence-electron chi connectivity index (χ3n) is 9.12. The van der Waals surface area contributed by atoms with E-state index in [-0.39, 0.29) is 40.4 Å². The Morgan fingerprint density at radius 1 is 1.04 bits per heavy atom. The van der Waals surface area contributed by atoms with Gasteiger partial charge in [0, 0.05) is 41.8 Å². The molecular weight excluding hydrogens is 641 g/mol. The lowest BCUT2D eigenvalue weighted by molar-refractivity contribution is 0.0696. The molecule has 0 unspecified atom stereocenters. The highest BCUT2D eigenvalue weighted by molar-refractivity contribution is 7.92. The van der Waals surface area contributed by atoms with Crippen LogP contribution >= 0.6 is 0 Å². The molecule has 0 aliphatic heterocycles. The van der Waals surface area contributed by atoms with Gasteiger partial charge in [0.15, 0.2) is 0 Å². The van der Waals surface area contributed by atoms with Gasteiger partial charge in [-0.05, 0) is 93.8 Å². The number of anilines is 1. The smallest absolute Gasteiger partial charge is 0.335 e. The highest BCUT2D eigenvalue weighted by Gasteiger charge is 2.39. The van der Waals surface area contributed by atoms with Crippen LogP contribution in [0.2, 0.25) is 0 Å². The summed E-state index contributed by atoms with van der Waals surface area (Å²) in [7, 11) is -4.23. The summed E-state index contributed by atoms with van der Waals surface area (Å²) >= 11 is 0. The van der Waals surface area contributed by atoms with Gasteiger partial charge in [0.25, 0.3) is 10.0 Å². The minimum Gasteiger partial charge on any atom is -0.478 e. The molecule has 0 spiro atoms. The van der Waals surface area contributed by atoms with Crippen molar-refractivity contribution in [2.24, 2.45) is 5.41 Å². The lowest BCUT2D eigenvalue weighted by atomic mass is 9.99. The summed E-state index contributed by atoms with van der Waals surface area (Å²) in [5, 5.41) is 14.2. The maximum absolute atomic E-state index is 13.4. The van der Waals surface area contributed by atoms with Gasteiger partial charge in [-0.15, -0.1) is 0 Å². The van der Waals surface area contributed by atoms with Crippen LogP contribution < -0.4 is 14.8 Å². The molecule has 3 heterocycles. The number of rotatable bonds is 14. The van der Waals surface area contributed by atoms with Crippen molar-refractivity contribution in [2.75, 3.05) is 11.3 Å². The first-order valence-electron chi connectivity index (χ1n) is 16.4. The van der Waals surface area contributed by atoms with Crippen LogP contribution in [0.1, 0.15) is 73.3 Å². The van der Waals surface area contributed by atoms with Crippen molar-refractivity contribution in [1.82, 2.24) is 24.8 Å². The highest BCUT2D eigenvalue weighted by atomic mass is 32.2. The molecule has 2 aromatic carbocycles. The number of nitrogens with zero attached hydrogens (tertiary/aromatic N) is 4. The van der Waals surface area contributed by atoms with Crippen LogP contribution in [0, 0.1) is 19.3 Å². The number of benzene rings is 2. The van der Waals surface area contributed by atoms with Crippen molar-refractivity contribution < 1.29 is 23.1 Å². The molecule has 256 valence electrons. The summed E-state index contributed by atoms with van der Waals surface area (Å²) in [5.41, 5.74) is 5.38. The Bertz CT molecular complexity index is 2100. The van der Waals surface area contributed by atoms with E-state index in [0.29, 0.717) is 18.3 Å². The van der Waals surface area contributed by atoms with Gasteiger partial charge in [-0.1, -0.05) is 31.2 Å². The molecule has 3 aromatic heterocycles. The van der Waals surface area contributed by atoms with Crippen molar-refractivity contribution in [2.45, 2.75) is 77.4 Å². The van der Waals surface area contributed by atoms with Gasteiger partial charge < -0.3 is 19.7 Å². The molecule has 0 radical (unpaired) electrons. The van der Waals surface area contributed by atoms with Crippen molar-refractivity contribution in [3.8, 4) is 17.1 Å². The fourth-order valence-corrected chi connectivity index (χ4v) is 7.14. The molecule has 0 bridgehead atoms. The normalized spacial score (nSPS) is 14.6. The third-order valence-corrected chi connectivity index (χ3v) is 10.4. The average Bonchev–Trinajstić information content (AvgIpc) is 3.62. The lowest BCUT2D eigenvalue weighted by Crippen LogP contribution is -2.36. The minimum absolute atomic E-state index is 0.0252. The van der Waals surface area contributed by atoms with E-state index in [1.165, 1.54) is 18.2 Å². The standard InChI is InChI=1S/C37H42N6O5S/c1-23(2)43-15-12-26-16-28(39-21-32(26)43)20-38-29(19-37(5)13-14-37)22-48-33-18-31(34-24(3)8-6-9-25(34)4)40-36(41-33)42-49(46,47)30-11-7-10-27(17-30)35(44)45/h6-12,15-18,21,23,29,38H,13-14,19-20,22H2,1-5H3,(H,44,45)(H,40,41,42)/t29-/m1/s1. The molecule has 6 rings (SSSR count). The van der Waals surface area contributed by atoms with Crippen LogP contribution in [0.15, 0.2) is 78.0 Å². The molecular formula is C37H42N6O5S. The van der Waals surface area contributed by atoms with Crippen molar-refractivity contribution in [3.05, 3.63) is 95.4 Å². The van der Waals surface area contributed by atoms with Crippen LogP contribution in [0.3, 0.4) is 0 Å². The zero-order valence-electron chi connectivity index (χ0n) is 28.4. The summed E-state index contributed by atoms with van der Waals surface area (Å²) in [6, 6.07) is 17.3. The predicted octanol–water partition coefficient (Wildman–Crippen LogP) is 6.92. The fourth-order valence-electron chi connectivity index (χ4n) is 6.15. The quantitative estimate of drug-likeness (QED) is 0.114. The summed E-state index contributed by atoms with van der Waals surface area (Å²) in [5.74, 6) is -1.20. The van der Waals surface area contributed by atoms with E-state index in [0.717, 1.165) is 58.6 Å². The van der Waals surface area contributed by atoms with Crippen molar-refractivity contribution in [1.29, 1.82) is 0 Å². The van der Waals surface area contributed by atoms with E-state index in [1.54, 1.807) is 6.07 Å². The number of hydrogen-bond acceptors (Lipinski definition) is 8. The largest absolute Gasteiger partial charge is 0.478 e. The number of hydrogen-bond donors (Lipinski definition) is 3. The summed E-state index contributed by atoms with van der Waals surface area (Å²) in [6.45, 7) is 11.4. The van der Waals surface area contributed by atoms with E-state index in [1.807, 2.05) is 38.2 Å². The van der Waals surface area contributed by atoms with Crippen LogP contribution in [0.5, 0.6) is 5.88 Å². The summed E-state index contributed by atoms with van der Waals surface area (Å²) < 4.78 is 37.8. The van der Waals surface area contributed by atoms with Crippen LogP contribution in [-0.2, 0) is 16.6 Å². The Morgan fingerprint density at radius 2 is 1.78 bits per heavy atom. The van der Waals surface area contributed by atoms with Crippen LogP contribution in [0.4, 0.5) is 5.95 Å². The predicted molar refractivity (Wildman–Crippen MR) is 189 cm³/mol. The molecule has 1 atom stereocenters. The molecule has 1 aliphatic carbocycles. The van der Waals surface area contributed by atoms with E-state index >= 15 is 0 Å². The second-order valence-corrected chi connectivity index (χ2v) is 15.3. The maximum atomic E-state index is 13.4. The Labute approximate surface area is 286 Å². The van der Waals surface area contributed by atoms with Crippen molar-refractivity contribution >= 4 is 32.8 Å². The third kappa shape index (κ3) is 7.92. The summed E-state index contributed by atoms with van der Waals surface area (Å²) in [6.07, 6.45) is 7.22. The monoisotopic (exact) mass is 682 g/mol. The second-order valence-electron chi connectivity index (χ2n) is 13.6. The molecule has 1 aliphatic rings. The fraction of sp³-hybridized carbons (Fsp3) is 0.351. The number of fused-ring (bicyclic) bond motifs is 1. The summed E-state index contributed by atoms with van der Waals surface area (Å²) in [4.78, 5) is 25.1. The number of pyridine rings is 1. The highest BCUT2D eigenvalue weighted by Crippen LogP contribution is 2.49. The zero-order chi connectivity index (χ0) is 34.9. The second kappa shape index (κ2) is 13.6. The van der Waals surface area contributed by atoms with E-state index in [4.69, 9.17) is 9.72 Å². The van der Waals surface area contributed by atoms with Gasteiger partial charge >= 0.3 is 5.97 Å². The van der Waals surface area contributed by atoms with Gasteiger partial charge in [-0.25, -0.2) is 22.9 Å². The molecule has 11 nitrogen and oxygen atoms in total. The zero-order valence-corrected chi connectivity index (χ0v) is 29.2. The van der Waals surface area contributed by atoms with Gasteiger partial charge in [-0.2, -0.15) is 4.98 Å². The number of carboxylic acids is 1. The Morgan fingerprint density at radius 3 is 2.47 bits per heavy atom. The lowest BCUT2D eigenvalue weighted by Gasteiger charge is -2.22. The SMILES string of the molecule is Cc1cccc(C)c1-c1cc(OC[C@@H](CC2(C)CC2)NCc2cc3ccn(C(C)C)c3cn2)nc(NS(=O)(=O)c2cccc(C(=O)O)c2)n1. The van der Waals surface area contributed by atoms with Crippen LogP contribution in [-0.4, -0.2) is 51.7 Å². The first kappa shape index (κ1) is 34.1. The van der Waals surface area contributed by atoms with Gasteiger partial charge in [-0.3, -0.25) is 4.98 Å². The van der Waals surface area contributed by atoms with E-state index < -0.39 is 16.0 Å². The molecule has 12 heteroatoms. The molecule has 1 saturated carbocycles. The van der Waals surface area contributed by atoms with Gasteiger partial charge in [0.1, 0.15) is 6.61 Å². The van der Waals surface area contributed by atoms with Crippen LogP contribution in [0.25, 0.3) is 22.2 Å². The molecule has 0 saturated heterocycles. The molecule has 1 fully saturated rings. The number of nitrogens with one attached hydrogen (secondary N) is 2. The van der Waals surface area contributed by atoms with Crippen molar-refractivity contribution in [3.63, 3.8) is 0 Å². The first-order chi connectivity index (χ1) is 23.3. The van der Waals surface area contributed by atoms with Gasteiger partial charge in [0.2, 0.25) is 11.8 Å². The number of sulfonamides is 1.